The predicted molar refractivity (Wildman–Crippen MR) is 107 cm³/mol. The summed E-state index contributed by atoms with van der Waals surface area (Å²) in [6.45, 7) is 3.72. The van der Waals surface area contributed by atoms with Crippen LogP contribution < -0.4 is 4.90 Å². The first kappa shape index (κ1) is 16.9. The standard InChI is InChI=1S/C21H21N5O2/c1-2-10-28-16(3-1)13-15-14-19(26-8-11-27-12-9-26)24-20-17(15)4-6-22-21(20)18-5-7-23-25-18/h1-7,14H,8-13H2,(H,23,25). The molecule has 2 aliphatic rings. The van der Waals surface area contributed by atoms with Gasteiger partial charge in [-0.15, -0.1) is 0 Å². The van der Waals surface area contributed by atoms with Crippen LogP contribution in [-0.2, 0) is 15.9 Å². The minimum Gasteiger partial charge on any atom is -0.494 e. The largest absolute Gasteiger partial charge is 0.494 e. The van der Waals surface area contributed by atoms with Crippen LogP contribution in [0.15, 0.2) is 54.6 Å². The molecular weight excluding hydrogens is 354 g/mol. The van der Waals surface area contributed by atoms with Gasteiger partial charge in [0.05, 0.1) is 18.9 Å². The Kier molecular flexibility index (Phi) is 4.50. The van der Waals surface area contributed by atoms with Crippen LogP contribution in [0.4, 0.5) is 5.82 Å². The highest BCUT2D eigenvalue weighted by Gasteiger charge is 2.19. The highest BCUT2D eigenvalue weighted by Crippen LogP contribution is 2.31. The summed E-state index contributed by atoms with van der Waals surface area (Å²) >= 11 is 0. The van der Waals surface area contributed by atoms with Crippen molar-refractivity contribution >= 4 is 16.7 Å². The maximum absolute atomic E-state index is 5.81. The van der Waals surface area contributed by atoms with E-state index in [1.807, 2.05) is 36.6 Å². The fourth-order valence-corrected chi connectivity index (χ4v) is 3.62. The van der Waals surface area contributed by atoms with E-state index in [-0.39, 0.29) is 0 Å². The second-order valence-corrected chi connectivity index (χ2v) is 6.81. The van der Waals surface area contributed by atoms with Gasteiger partial charge in [0, 0.05) is 37.3 Å². The van der Waals surface area contributed by atoms with Crippen molar-refractivity contribution in [3.8, 4) is 11.4 Å². The average molecular weight is 375 g/mol. The molecule has 1 saturated heterocycles. The number of pyridine rings is 2. The summed E-state index contributed by atoms with van der Waals surface area (Å²) in [4.78, 5) is 11.9. The van der Waals surface area contributed by atoms with Gasteiger partial charge in [-0.1, -0.05) is 6.08 Å². The Balaban J connectivity index is 1.66. The topological polar surface area (TPSA) is 76.2 Å². The summed E-state index contributed by atoms with van der Waals surface area (Å²) in [7, 11) is 0. The van der Waals surface area contributed by atoms with E-state index in [0.29, 0.717) is 26.2 Å². The van der Waals surface area contributed by atoms with Crippen LogP contribution in [-0.4, -0.2) is 53.1 Å². The molecule has 0 aliphatic carbocycles. The fourth-order valence-electron chi connectivity index (χ4n) is 3.62. The Hall–Kier alpha value is -3.19. The molecule has 3 aromatic heterocycles. The van der Waals surface area contributed by atoms with Crippen molar-refractivity contribution in [3.05, 3.63) is 60.1 Å². The highest BCUT2D eigenvalue weighted by atomic mass is 16.5. The number of rotatable bonds is 4. The van der Waals surface area contributed by atoms with E-state index >= 15 is 0 Å². The van der Waals surface area contributed by atoms with Crippen molar-refractivity contribution in [2.45, 2.75) is 6.42 Å². The van der Waals surface area contributed by atoms with Crippen molar-refractivity contribution in [3.63, 3.8) is 0 Å². The van der Waals surface area contributed by atoms with Crippen molar-refractivity contribution in [1.82, 2.24) is 20.2 Å². The second-order valence-electron chi connectivity index (χ2n) is 6.81. The summed E-state index contributed by atoms with van der Waals surface area (Å²) in [6.07, 6.45) is 10.4. The van der Waals surface area contributed by atoms with Crippen LogP contribution in [0.1, 0.15) is 5.56 Å². The van der Waals surface area contributed by atoms with Gasteiger partial charge in [0.1, 0.15) is 29.4 Å². The third kappa shape index (κ3) is 3.25. The predicted octanol–water partition coefficient (Wildman–Crippen LogP) is 2.87. The Morgan fingerprint density at radius 3 is 2.86 bits per heavy atom. The summed E-state index contributed by atoms with van der Waals surface area (Å²) in [5.74, 6) is 1.91. The van der Waals surface area contributed by atoms with Crippen LogP contribution in [0.3, 0.4) is 0 Å². The third-order valence-electron chi connectivity index (χ3n) is 5.04. The number of anilines is 1. The first-order valence-corrected chi connectivity index (χ1v) is 9.48. The molecule has 3 aromatic rings. The Labute approximate surface area is 162 Å². The number of nitrogens with zero attached hydrogens (tertiary/aromatic N) is 4. The van der Waals surface area contributed by atoms with Crippen LogP contribution in [0.25, 0.3) is 22.3 Å². The monoisotopic (exact) mass is 375 g/mol. The molecule has 142 valence electrons. The van der Waals surface area contributed by atoms with Gasteiger partial charge in [0.2, 0.25) is 0 Å². The number of aromatic amines is 1. The first-order chi connectivity index (χ1) is 13.9. The van der Waals surface area contributed by atoms with E-state index < -0.39 is 0 Å². The van der Waals surface area contributed by atoms with E-state index in [2.05, 4.69) is 26.1 Å². The van der Waals surface area contributed by atoms with E-state index in [9.17, 15) is 0 Å². The molecule has 7 nitrogen and oxygen atoms in total. The van der Waals surface area contributed by atoms with E-state index in [0.717, 1.165) is 47.0 Å². The van der Waals surface area contributed by atoms with Gasteiger partial charge in [-0.25, -0.2) is 4.98 Å². The molecule has 0 spiro atoms. The molecule has 0 aromatic carbocycles. The van der Waals surface area contributed by atoms with Gasteiger partial charge < -0.3 is 14.4 Å². The van der Waals surface area contributed by atoms with Crippen LogP contribution >= 0.6 is 0 Å². The summed E-state index contributed by atoms with van der Waals surface area (Å²) < 4.78 is 11.3. The number of hydrogen-bond acceptors (Lipinski definition) is 6. The molecule has 0 saturated carbocycles. The summed E-state index contributed by atoms with van der Waals surface area (Å²) in [6, 6.07) is 6.12. The highest BCUT2D eigenvalue weighted by molar-refractivity contribution is 5.93. The number of fused-ring (bicyclic) bond motifs is 1. The van der Waals surface area contributed by atoms with Crippen molar-refractivity contribution in [1.29, 1.82) is 0 Å². The lowest BCUT2D eigenvalue weighted by atomic mass is 10.0. The maximum atomic E-state index is 5.81. The first-order valence-electron chi connectivity index (χ1n) is 9.48. The smallest absolute Gasteiger partial charge is 0.129 e. The molecule has 0 bridgehead atoms. The van der Waals surface area contributed by atoms with Gasteiger partial charge in [-0.3, -0.25) is 10.1 Å². The number of H-pyrrole nitrogens is 1. The van der Waals surface area contributed by atoms with E-state index in [4.69, 9.17) is 14.5 Å². The van der Waals surface area contributed by atoms with Gasteiger partial charge in [-0.05, 0) is 35.9 Å². The summed E-state index contributed by atoms with van der Waals surface area (Å²) in [5, 5.41) is 8.17. The second kappa shape index (κ2) is 7.44. The quantitative estimate of drug-likeness (QED) is 0.756. The molecular formula is C21H21N5O2. The lowest BCUT2D eigenvalue weighted by Gasteiger charge is -2.28. The molecule has 0 amide bonds. The Bertz CT molecular complexity index is 1040. The van der Waals surface area contributed by atoms with Crippen LogP contribution in [0, 0.1) is 0 Å². The lowest BCUT2D eigenvalue weighted by molar-refractivity contribution is 0.122. The van der Waals surface area contributed by atoms with Crippen LogP contribution in [0.5, 0.6) is 0 Å². The fraction of sp³-hybridized carbons (Fsp3) is 0.286. The average Bonchev–Trinajstić information content (AvgIpc) is 3.29. The molecule has 1 fully saturated rings. The minimum atomic E-state index is 0.617. The zero-order valence-corrected chi connectivity index (χ0v) is 15.5. The molecule has 1 N–H and O–H groups in total. The normalized spacial score (nSPS) is 16.9. The zero-order valence-electron chi connectivity index (χ0n) is 15.5. The van der Waals surface area contributed by atoms with Crippen molar-refractivity contribution in [2.24, 2.45) is 0 Å². The Morgan fingerprint density at radius 1 is 1.14 bits per heavy atom. The van der Waals surface area contributed by atoms with E-state index in [1.54, 1.807) is 6.20 Å². The van der Waals surface area contributed by atoms with Gasteiger partial charge >= 0.3 is 0 Å². The molecule has 5 heterocycles. The maximum Gasteiger partial charge on any atom is 0.129 e. The zero-order chi connectivity index (χ0) is 18.8. The van der Waals surface area contributed by atoms with Crippen molar-refractivity contribution in [2.75, 3.05) is 37.8 Å². The number of nitrogens with one attached hydrogen (secondary N) is 1. The number of morpholine rings is 1. The lowest BCUT2D eigenvalue weighted by Crippen LogP contribution is -2.36. The van der Waals surface area contributed by atoms with E-state index in [1.165, 1.54) is 5.56 Å². The summed E-state index contributed by atoms with van der Waals surface area (Å²) in [5.41, 5.74) is 3.72. The molecule has 0 unspecified atom stereocenters. The number of aromatic nitrogens is 4. The molecule has 2 aliphatic heterocycles. The molecule has 5 rings (SSSR count). The van der Waals surface area contributed by atoms with Gasteiger partial charge in [-0.2, -0.15) is 5.10 Å². The Morgan fingerprint density at radius 2 is 2.07 bits per heavy atom. The molecule has 28 heavy (non-hydrogen) atoms. The number of allylic oxidation sites excluding steroid dienone is 3. The third-order valence-corrected chi connectivity index (χ3v) is 5.04. The molecule has 0 atom stereocenters. The number of ether oxygens (including phenoxy) is 2. The van der Waals surface area contributed by atoms with Crippen LogP contribution in [0.2, 0.25) is 0 Å². The number of hydrogen-bond donors (Lipinski definition) is 1. The minimum absolute atomic E-state index is 0.617. The molecule has 7 heteroatoms. The van der Waals surface area contributed by atoms with Gasteiger partial charge in [0.25, 0.3) is 0 Å². The SMILES string of the molecule is C1=CCOC(Cc2cc(N3CCOCC3)nc3c(-c4ccn[nH]4)nccc23)=C1. The molecule has 0 radical (unpaired) electrons. The van der Waals surface area contributed by atoms with Crippen molar-refractivity contribution < 1.29 is 9.47 Å². The van der Waals surface area contributed by atoms with Gasteiger partial charge in [0.15, 0.2) is 0 Å².